The molecular weight excluding hydrogens is 178 g/mol. The smallest absolute Gasteiger partial charge is 0.215 e. The molecule has 0 radical (unpaired) electrons. The predicted octanol–water partition coefficient (Wildman–Crippen LogP) is 1.71. The second-order valence-electron chi connectivity index (χ2n) is 3.75. The van der Waals surface area contributed by atoms with E-state index in [0.29, 0.717) is 6.04 Å². The van der Waals surface area contributed by atoms with Gasteiger partial charge in [0.15, 0.2) is 0 Å². The van der Waals surface area contributed by atoms with Gasteiger partial charge >= 0.3 is 0 Å². The highest BCUT2D eigenvalue weighted by Crippen LogP contribution is 2.24. The average Bonchev–Trinajstić information content (AvgIpc) is 2.74. The first-order valence-electron chi connectivity index (χ1n) is 5.15. The maximum atomic E-state index is 11.0. The summed E-state index contributed by atoms with van der Waals surface area (Å²) in [6.07, 6.45) is 8.55. The topological polar surface area (TPSA) is 49.0 Å². The van der Waals surface area contributed by atoms with E-state index in [0.717, 1.165) is 25.1 Å². The number of hydrogen-bond donors (Lipinski definition) is 1. The molecule has 0 aliphatic heterocycles. The van der Waals surface area contributed by atoms with Crippen LogP contribution in [0.4, 0.5) is 5.82 Å². The van der Waals surface area contributed by atoms with Crippen LogP contribution < -0.4 is 4.90 Å². The van der Waals surface area contributed by atoms with Crippen LogP contribution in [0.15, 0.2) is 12.3 Å². The van der Waals surface area contributed by atoms with Crippen LogP contribution in [0, 0.1) is 0 Å². The fourth-order valence-corrected chi connectivity index (χ4v) is 2.09. The van der Waals surface area contributed by atoms with E-state index in [1.165, 1.54) is 19.3 Å². The third-order valence-corrected chi connectivity index (χ3v) is 2.85. The lowest BCUT2D eigenvalue weighted by atomic mass is 9.94. The standard InChI is InChI=1S/C10H15N3O/c14-8-13(10-6-7-11-12-10)9-4-2-1-3-5-9/h6-9H,1-5H2,(H,11,12). The van der Waals surface area contributed by atoms with E-state index in [2.05, 4.69) is 10.2 Å². The number of rotatable bonds is 3. The number of anilines is 1. The van der Waals surface area contributed by atoms with Crippen molar-refractivity contribution in [1.29, 1.82) is 0 Å². The summed E-state index contributed by atoms with van der Waals surface area (Å²) in [6, 6.07) is 2.20. The highest BCUT2D eigenvalue weighted by molar-refractivity contribution is 5.73. The van der Waals surface area contributed by atoms with Crippen molar-refractivity contribution >= 4 is 12.2 Å². The highest BCUT2D eigenvalue weighted by atomic mass is 16.1. The number of carbonyl (C=O) groups is 1. The van der Waals surface area contributed by atoms with Gasteiger partial charge in [0.25, 0.3) is 0 Å². The maximum Gasteiger partial charge on any atom is 0.215 e. The largest absolute Gasteiger partial charge is 0.297 e. The maximum absolute atomic E-state index is 11.0. The van der Waals surface area contributed by atoms with Crippen molar-refractivity contribution in [2.24, 2.45) is 0 Å². The molecule has 1 amide bonds. The van der Waals surface area contributed by atoms with Crippen molar-refractivity contribution in [1.82, 2.24) is 10.2 Å². The Morgan fingerprint density at radius 2 is 2.21 bits per heavy atom. The van der Waals surface area contributed by atoms with Gasteiger partial charge in [-0.25, -0.2) is 0 Å². The van der Waals surface area contributed by atoms with Gasteiger partial charge in [-0.05, 0) is 12.8 Å². The van der Waals surface area contributed by atoms with Crippen molar-refractivity contribution in [3.05, 3.63) is 12.3 Å². The molecule has 1 aliphatic rings. The van der Waals surface area contributed by atoms with Gasteiger partial charge in [-0.2, -0.15) is 5.10 Å². The number of carbonyl (C=O) groups excluding carboxylic acids is 1. The molecule has 4 heteroatoms. The zero-order valence-electron chi connectivity index (χ0n) is 8.15. The summed E-state index contributed by atoms with van der Waals surface area (Å²) in [6.45, 7) is 0. The quantitative estimate of drug-likeness (QED) is 0.743. The van der Waals surface area contributed by atoms with E-state index >= 15 is 0 Å². The molecule has 1 fully saturated rings. The zero-order valence-corrected chi connectivity index (χ0v) is 8.15. The molecule has 1 aliphatic carbocycles. The molecule has 0 aromatic carbocycles. The fourth-order valence-electron chi connectivity index (χ4n) is 2.09. The number of aromatic nitrogens is 2. The molecule has 14 heavy (non-hydrogen) atoms. The number of amides is 1. The van der Waals surface area contributed by atoms with Crippen molar-refractivity contribution in [2.45, 2.75) is 38.1 Å². The third-order valence-electron chi connectivity index (χ3n) is 2.85. The minimum absolute atomic E-state index is 0.363. The summed E-state index contributed by atoms with van der Waals surface area (Å²) < 4.78 is 0. The molecule has 4 nitrogen and oxygen atoms in total. The van der Waals surface area contributed by atoms with E-state index in [1.54, 1.807) is 11.1 Å². The van der Waals surface area contributed by atoms with Crippen LogP contribution in [-0.2, 0) is 4.79 Å². The van der Waals surface area contributed by atoms with E-state index in [9.17, 15) is 4.79 Å². The molecule has 0 unspecified atom stereocenters. The number of nitrogens with zero attached hydrogens (tertiary/aromatic N) is 2. The summed E-state index contributed by atoms with van der Waals surface area (Å²) in [7, 11) is 0. The minimum Gasteiger partial charge on any atom is -0.297 e. The molecule has 1 saturated carbocycles. The molecule has 1 aromatic rings. The average molecular weight is 193 g/mol. The van der Waals surface area contributed by atoms with Gasteiger partial charge in [0, 0.05) is 12.1 Å². The summed E-state index contributed by atoms with van der Waals surface area (Å²) in [5, 5.41) is 6.69. The summed E-state index contributed by atoms with van der Waals surface area (Å²) in [5.74, 6) is 0.812. The van der Waals surface area contributed by atoms with Crippen LogP contribution in [0.3, 0.4) is 0 Å². The van der Waals surface area contributed by atoms with Gasteiger partial charge in [0.1, 0.15) is 5.82 Å². The Hall–Kier alpha value is -1.32. The molecule has 76 valence electrons. The number of H-pyrrole nitrogens is 1. The van der Waals surface area contributed by atoms with Gasteiger partial charge < -0.3 is 0 Å². The summed E-state index contributed by atoms with van der Waals surface area (Å²) in [5.41, 5.74) is 0. The third kappa shape index (κ3) is 1.78. The lowest BCUT2D eigenvalue weighted by molar-refractivity contribution is -0.108. The molecule has 0 bridgehead atoms. The van der Waals surface area contributed by atoms with Crippen molar-refractivity contribution in [2.75, 3.05) is 4.90 Å². The second kappa shape index (κ2) is 4.26. The van der Waals surface area contributed by atoms with Crippen LogP contribution in [0.1, 0.15) is 32.1 Å². The van der Waals surface area contributed by atoms with E-state index in [1.807, 2.05) is 6.07 Å². The van der Waals surface area contributed by atoms with Crippen molar-refractivity contribution in [3.63, 3.8) is 0 Å². The van der Waals surface area contributed by atoms with E-state index < -0.39 is 0 Å². The molecular formula is C10H15N3O. The summed E-state index contributed by atoms with van der Waals surface area (Å²) in [4.78, 5) is 12.8. The molecule has 1 aromatic heterocycles. The predicted molar refractivity (Wildman–Crippen MR) is 54.0 cm³/mol. The lowest BCUT2D eigenvalue weighted by Gasteiger charge is -2.29. The van der Waals surface area contributed by atoms with Gasteiger partial charge in [-0.1, -0.05) is 19.3 Å². The molecule has 0 atom stereocenters. The van der Waals surface area contributed by atoms with Crippen LogP contribution >= 0.6 is 0 Å². The van der Waals surface area contributed by atoms with Gasteiger partial charge in [-0.3, -0.25) is 14.8 Å². The molecule has 2 rings (SSSR count). The second-order valence-corrected chi connectivity index (χ2v) is 3.75. The van der Waals surface area contributed by atoms with Gasteiger partial charge in [0.2, 0.25) is 6.41 Å². The van der Waals surface area contributed by atoms with Crippen LogP contribution in [0.2, 0.25) is 0 Å². The Labute approximate surface area is 83.3 Å². The van der Waals surface area contributed by atoms with Gasteiger partial charge in [0.05, 0.1) is 6.20 Å². The van der Waals surface area contributed by atoms with E-state index in [4.69, 9.17) is 0 Å². The number of nitrogens with one attached hydrogen (secondary N) is 1. The van der Waals surface area contributed by atoms with E-state index in [-0.39, 0.29) is 0 Å². The first-order valence-corrected chi connectivity index (χ1v) is 5.15. The Morgan fingerprint density at radius 1 is 1.43 bits per heavy atom. The Bertz CT molecular complexity index is 278. The SMILES string of the molecule is O=CN(c1ccn[nH]1)C1CCCCC1. The Kier molecular flexibility index (Phi) is 2.81. The highest BCUT2D eigenvalue weighted by Gasteiger charge is 2.21. The van der Waals surface area contributed by atoms with Gasteiger partial charge in [-0.15, -0.1) is 0 Å². The monoisotopic (exact) mass is 193 g/mol. The summed E-state index contributed by atoms with van der Waals surface area (Å²) >= 11 is 0. The zero-order chi connectivity index (χ0) is 9.80. The first kappa shape index (κ1) is 9.24. The molecule has 0 spiro atoms. The molecule has 1 heterocycles. The molecule has 0 saturated heterocycles. The van der Waals surface area contributed by atoms with Crippen LogP contribution in [0.25, 0.3) is 0 Å². The number of aromatic amines is 1. The Balaban J connectivity index is 2.08. The normalized spacial score (nSPS) is 18.0. The fraction of sp³-hybridized carbons (Fsp3) is 0.600. The number of hydrogen-bond acceptors (Lipinski definition) is 2. The van der Waals surface area contributed by atoms with Crippen molar-refractivity contribution < 1.29 is 4.79 Å². The van der Waals surface area contributed by atoms with Crippen LogP contribution in [-0.4, -0.2) is 22.6 Å². The Morgan fingerprint density at radius 3 is 2.79 bits per heavy atom. The first-order chi connectivity index (χ1) is 6.92. The lowest BCUT2D eigenvalue weighted by Crippen LogP contribution is -2.35. The van der Waals surface area contributed by atoms with Crippen LogP contribution in [0.5, 0.6) is 0 Å². The molecule has 1 N–H and O–H groups in total. The minimum atomic E-state index is 0.363. The van der Waals surface area contributed by atoms with Crippen molar-refractivity contribution in [3.8, 4) is 0 Å².